The summed E-state index contributed by atoms with van der Waals surface area (Å²) >= 11 is 0. The number of aryl methyl sites for hydroxylation is 1. The van der Waals surface area contributed by atoms with Gasteiger partial charge in [0.1, 0.15) is 11.4 Å². The summed E-state index contributed by atoms with van der Waals surface area (Å²) in [5, 5.41) is 7.68. The van der Waals surface area contributed by atoms with Gasteiger partial charge in [-0.2, -0.15) is 5.10 Å². The van der Waals surface area contributed by atoms with Crippen LogP contribution in [0.3, 0.4) is 0 Å². The van der Waals surface area contributed by atoms with E-state index in [0.717, 1.165) is 78.8 Å². The number of rotatable bonds is 2. The Morgan fingerprint density at radius 3 is 2.52 bits per heavy atom. The SMILES string of the molecule is Cc1nc2c(N3CCCCC3)n[nH]c2nc1N1CCC2(CC1)Oc1ccccc1[C@H]2N. The number of nitrogens with one attached hydrogen (secondary N) is 1. The minimum Gasteiger partial charge on any atom is -0.485 e. The Hall–Kier alpha value is -2.87. The number of ether oxygens (including phenoxy) is 1. The molecule has 0 unspecified atom stereocenters. The Labute approximate surface area is 181 Å². The Morgan fingerprint density at radius 1 is 1.00 bits per heavy atom. The van der Waals surface area contributed by atoms with E-state index in [0.29, 0.717) is 0 Å². The lowest BCUT2D eigenvalue weighted by molar-refractivity contribution is 0.0431. The van der Waals surface area contributed by atoms with Crippen LogP contribution in [0.4, 0.5) is 11.6 Å². The van der Waals surface area contributed by atoms with Crippen LogP contribution in [-0.4, -0.2) is 51.9 Å². The molecule has 5 heterocycles. The Bertz CT molecular complexity index is 1110. The van der Waals surface area contributed by atoms with Crippen molar-refractivity contribution in [2.45, 2.75) is 50.7 Å². The molecule has 162 valence electrons. The third-order valence-electron chi connectivity index (χ3n) is 7.22. The van der Waals surface area contributed by atoms with Crippen molar-refractivity contribution in [3.8, 4) is 5.75 Å². The normalized spacial score (nSPS) is 22.7. The van der Waals surface area contributed by atoms with Gasteiger partial charge < -0.3 is 20.3 Å². The van der Waals surface area contributed by atoms with Gasteiger partial charge in [0.15, 0.2) is 22.8 Å². The number of para-hydroxylation sites is 1. The molecule has 0 radical (unpaired) electrons. The summed E-state index contributed by atoms with van der Waals surface area (Å²) in [6.45, 7) is 5.82. The molecule has 0 bridgehead atoms. The van der Waals surface area contributed by atoms with Crippen molar-refractivity contribution < 1.29 is 4.74 Å². The van der Waals surface area contributed by atoms with Crippen molar-refractivity contribution in [1.82, 2.24) is 20.2 Å². The largest absolute Gasteiger partial charge is 0.485 e. The van der Waals surface area contributed by atoms with E-state index >= 15 is 0 Å². The van der Waals surface area contributed by atoms with Crippen molar-refractivity contribution in [3.05, 3.63) is 35.5 Å². The molecule has 1 spiro atoms. The maximum absolute atomic E-state index is 6.63. The minimum absolute atomic E-state index is 0.0831. The van der Waals surface area contributed by atoms with Gasteiger partial charge in [-0.3, -0.25) is 5.10 Å². The van der Waals surface area contributed by atoms with Crippen LogP contribution in [0.25, 0.3) is 11.2 Å². The van der Waals surface area contributed by atoms with Crippen molar-refractivity contribution in [2.24, 2.45) is 5.73 Å². The molecule has 2 aromatic heterocycles. The summed E-state index contributed by atoms with van der Waals surface area (Å²) < 4.78 is 6.39. The summed E-state index contributed by atoms with van der Waals surface area (Å²) in [6.07, 6.45) is 5.45. The van der Waals surface area contributed by atoms with E-state index in [-0.39, 0.29) is 11.6 Å². The van der Waals surface area contributed by atoms with Crippen molar-refractivity contribution in [3.63, 3.8) is 0 Å². The molecule has 2 saturated heterocycles. The topological polar surface area (TPSA) is 96.2 Å². The predicted octanol–water partition coefficient (Wildman–Crippen LogP) is 3.08. The first-order chi connectivity index (χ1) is 15.1. The molecule has 2 fully saturated rings. The molecule has 1 aromatic carbocycles. The number of H-pyrrole nitrogens is 1. The first-order valence-corrected chi connectivity index (χ1v) is 11.4. The zero-order valence-electron chi connectivity index (χ0n) is 18.0. The Balaban J connectivity index is 1.24. The van der Waals surface area contributed by atoms with Gasteiger partial charge in [-0.15, -0.1) is 0 Å². The average molecular weight is 420 g/mol. The highest BCUT2D eigenvalue weighted by Gasteiger charge is 2.48. The molecule has 3 aliphatic rings. The molecular weight excluding hydrogens is 390 g/mol. The van der Waals surface area contributed by atoms with Crippen LogP contribution >= 0.6 is 0 Å². The van der Waals surface area contributed by atoms with Gasteiger partial charge in [0.2, 0.25) is 0 Å². The number of piperidine rings is 2. The summed E-state index contributed by atoms with van der Waals surface area (Å²) in [6, 6.07) is 8.07. The summed E-state index contributed by atoms with van der Waals surface area (Å²) in [5.41, 5.74) is 10.0. The smallest absolute Gasteiger partial charge is 0.178 e. The zero-order valence-corrected chi connectivity index (χ0v) is 18.0. The Morgan fingerprint density at radius 2 is 1.74 bits per heavy atom. The first-order valence-electron chi connectivity index (χ1n) is 11.4. The highest BCUT2D eigenvalue weighted by molar-refractivity contribution is 5.85. The highest BCUT2D eigenvalue weighted by atomic mass is 16.5. The lowest BCUT2D eigenvalue weighted by atomic mass is 9.83. The quantitative estimate of drug-likeness (QED) is 0.659. The summed E-state index contributed by atoms with van der Waals surface area (Å²) in [5.74, 6) is 2.81. The molecule has 31 heavy (non-hydrogen) atoms. The number of aromatic amines is 1. The molecule has 3 aliphatic heterocycles. The van der Waals surface area contributed by atoms with Gasteiger partial charge >= 0.3 is 0 Å². The monoisotopic (exact) mass is 419 g/mol. The zero-order chi connectivity index (χ0) is 21.0. The lowest BCUT2D eigenvalue weighted by Gasteiger charge is -2.41. The molecule has 1 atom stereocenters. The van der Waals surface area contributed by atoms with E-state index in [2.05, 4.69) is 26.1 Å². The standard InChI is InChI=1S/C23H29N7O/c1-15-21(26-20-18(25-15)22(28-27-20)29-11-5-2-6-12-29)30-13-9-23(10-14-30)19(24)16-7-3-4-8-17(16)31-23/h3-4,7-8,19H,2,5-6,9-14,24H2,1H3,(H,26,27,28)/t19-/m1/s1. The van der Waals surface area contributed by atoms with Crippen LogP contribution in [0.2, 0.25) is 0 Å². The van der Waals surface area contributed by atoms with Crippen LogP contribution in [0.5, 0.6) is 5.75 Å². The molecule has 0 aliphatic carbocycles. The van der Waals surface area contributed by atoms with Gasteiger partial charge in [0, 0.05) is 44.6 Å². The average Bonchev–Trinajstić information content (AvgIpc) is 3.33. The second-order valence-electron chi connectivity index (χ2n) is 9.09. The number of benzene rings is 1. The van der Waals surface area contributed by atoms with Crippen molar-refractivity contribution in [2.75, 3.05) is 36.0 Å². The number of aromatic nitrogens is 4. The second-order valence-corrected chi connectivity index (χ2v) is 9.09. The number of anilines is 2. The van der Waals surface area contributed by atoms with Crippen LogP contribution in [0, 0.1) is 6.92 Å². The number of nitrogens with zero attached hydrogens (tertiary/aromatic N) is 5. The van der Waals surface area contributed by atoms with Crippen LogP contribution in [0.15, 0.2) is 24.3 Å². The molecule has 3 N–H and O–H groups in total. The minimum atomic E-state index is -0.318. The lowest BCUT2D eigenvalue weighted by Crippen LogP contribution is -2.51. The molecular formula is C23H29N7O. The fraction of sp³-hybridized carbons (Fsp3) is 0.522. The van der Waals surface area contributed by atoms with E-state index in [1.807, 2.05) is 25.1 Å². The van der Waals surface area contributed by atoms with Gasteiger partial charge in [0.25, 0.3) is 0 Å². The maximum Gasteiger partial charge on any atom is 0.178 e. The van der Waals surface area contributed by atoms with Gasteiger partial charge in [0.05, 0.1) is 11.7 Å². The number of fused-ring (bicyclic) bond motifs is 2. The fourth-order valence-corrected chi connectivity index (χ4v) is 5.44. The van der Waals surface area contributed by atoms with E-state index in [4.69, 9.17) is 20.4 Å². The maximum atomic E-state index is 6.63. The summed E-state index contributed by atoms with van der Waals surface area (Å²) in [7, 11) is 0. The van der Waals surface area contributed by atoms with E-state index in [9.17, 15) is 0 Å². The van der Waals surface area contributed by atoms with Gasteiger partial charge in [-0.1, -0.05) is 18.2 Å². The molecule has 8 nitrogen and oxygen atoms in total. The third-order valence-corrected chi connectivity index (χ3v) is 7.22. The number of hydrogen-bond acceptors (Lipinski definition) is 7. The van der Waals surface area contributed by atoms with Gasteiger partial charge in [-0.25, -0.2) is 9.97 Å². The summed E-state index contributed by atoms with van der Waals surface area (Å²) in [4.78, 5) is 14.5. The number of hydrogen-bond donors (Lipinski definition) is 2. The second kappa shape index (κ2) is 7.09. The number of nitrogens with two attached hydrogens (primary N) is 1. The molecule has 0 amide bonds. The Kier molecular flexibility index (Phi) is 4.31. The molecule has 8 heteroatoms. The highest BCUT2D eigenvalue weighted by Crippen LogP contribution is 2.47. The van der Waals surface area contributed by atoms with Crippen molar-refractivity contribution >= 4 is 22.8 Å². The van der Waals surface area contributed by atoms with E-state index in [1.165, 1.54) is 19.3 Å². The molecule has 6 rings (SSSR count). The molecule has 0 saturated carbocycles. The van der Waals surface area contributed by atoms with Crippen LogP contribution < -0.4 is 20.3 Å². The third kappa shape index (κ3) is 2.96. The molecule has 3 aromatic rings. The van der Waals surface area contributed by atoms with E-state index in [1.54, 1.807) is 0 Å². The van der Waals surface area contributed by atoms with E-state index < -0.39 is 0 Å². The van der Waals surface area contributed by atoms with Gasteiger partial charge in [-0.05, 0) is 32.3 Å². The first kappa shape index (κ1) is 18.9. The van der Waals surface area contributed by atoms with Crippen LogP contribution in [-0.2, 0) is 0 Å². The predicted molar refractivity (Wildman–Crippen MR) is 121 cm³/mol. The van der Waals surface area contributed by atoms with Crippen LogP contribution in [0.1, 0.15) is 49.4 Å². The fourth-order valence-electron chi connectivity index (χ4n) is 5.44. The van der Waals surface area contributed by atoms with Crippen molar-refractivity contribution in [1.29, 1.82) is 0 Å².